The fourth-order valence-electron chi connectivity index (χ4n) is 1.38. The molecular weight excluding hydrogens is 150 g/mol. The average Bonchev–Trinajstić information content (AvgIpc) is 2.12. The Labute approximate surface area is 71.9 Å². The predicted octanol–water partition coefficient (Wildman–Crippen LogP) is 2.10. The fourth-order valence-corrected chi connectivity index (χ4v) is 1.38. The monoisotopic (exact) mass is 161 g/mol. The van der Waals surface area contributed by atoms with E-state index < -0.39 is 0 Å². The zero-order valence-electron chi connectivity index (χ0n) is 7.29. The van der Waals surface area contributed by atoms with Crippen molar-refractivity contribution >= 4 is 6.08 Å². The SMILES string of the molecule is Cc1cnc(C)c2c1C=CCO2. The van der Waals surface area contributed by atoms with Crippen LogP contribution < -0.4 is 4.74 Å². The Morgan fingerprint density at radius 1 is 1.42 bits per heavy atom. The molecule has 0 unspecified atom stereocenters. The molecule has 2 rings (SSSR count). The maximum absolute atomic E-state index is 5.49. The number of rotatable bonds is 0. The lowest BCUT2D eigenvalue weighted by Crippen LogP contribution is -2.04. The predicted molar refractivity (Wildman–Crippen MR) is 48.2 cm³/mol. The van der Waals surface area contributed by atoms with Crippen molar-refractivity contribution in [2.45, 2.75) is 13.8 Å². The number of hydrogen-bond acceptors (Lipinski definition) is 2. The molecule has 2 heterocycles. The molecule has 0 atom stereocenters. The fraction of sp³-hybridized carbons (Fsp3) is 0.300. The van der Waals surface area contributed by atoms with Crippen LogP contribution in [0, 0.1) is 13.8 Å². The number of nitrogens with zero attached hydrogens (tertiary/aromatic N) is 1. The highest BCUT2D eigenvalue weighted by Crippen LogP contribution is 2.28. The molecule has 0 aromatic carbocycles. The highest BCUT2D eigenvalue weighted by molar-refractivity contribution is 5.63. The van der Waals surface area contributed by atoms with Crippen LogP contribution >= 0.6 is 0 Å². The van der Waals surface area contributed by atoms with Gasteiger partial charge in [-0.15, -0.1) is 0 Å². The van der Waals surface area contributed by atoms with Gasteiger partial charge in [-0.3, -0.25) is 4.98 Å². The average molecular weight is 161 g/mol. The number of hydrogen-bond donors (Lipinski definition) is 0. The molecular formula is C10H11NO. The Kier molecular flexibility index (Phi) is 1.61. The van der Waals surface area contributed by atoms with Gasteiger partial charge in [0.1, 0.15) is 12.4 Å². The number of aromatic nitrogens is 1. The summed E-state index contributed by atoms with van der Waals surface area (Å²) in [5.41, 5.74) is 3.32. The first-order valence-electron chi connectivity index (χ1n) is 4.04. The van der Waals surface area contributed by atoms with Gasteiger partial charge in [0.05, 0.1) is 5.69 Å². The van der Waals surface area contributed by atoms with E-state index in [0.717, 1.165) is 11.4 Å². The minimum absolute atomic E-state index is 0.666. The van der Waals surface area contributed by atoms with E-state index in [2.05, 4.69) is 11.1 Å². The van der Waals surface area contributed by atoms with Crippen LogP contribution in [-0.4, -0.2) is 11.6 Å². The molecule has 0 bridgehead atoms. The van der Waals surface area contributed by atoms with Gasteiger partial charge in [0.25, 0.3) is 0 Å². The molecule has 0 saturated heterocycles. The first-order valence-corrected chi connectivity index (χ1v) is 4.04. The third kappa shape index (κ3) is 0.998. The molecule has 1 aromatic rings. The van der Waals surface area contributed by atoms with Crippen LogP contribution in [0.15, 0.2) is 12.3 Å². The molecule has 0 spiro atoms. The molecule has 2 nitrogen and oxygen atoms in total. The van der Waals surface area contributed by atoms with Crippen LogP contribution in [0.1, 0.15) is 16.8 Å². The van der Waals surface area contributed by atoms with Gasteiger partial charge < -0.3 is 4.74 Å². The molecule has 0 N–H and O–H groups in total. The van der Waals surface area contributed by atoms with Crippen LogP contribution in [0.4, 0.5) is 0 Å². The summed E-state index contributed by atoms with van der Waals surface area (Å²) in [6, 6.07) is 0. The van der Waals surface area contributed by atoms with Crippen LogP contribution in [0.3, 0.4) is 0 Å². The van der Waals surface area contributed by atoms with Gasteiger partial charge in [0, 0.05) is 11.8 Å². The molecule has 1 aliphatic rings. The van der Waals surface area contributed by atoms with E-state index in [4.69, 9.17) is 4.74 Å². The minimum atomic E-state index is 0.666. The Morgan fingerprint density at radius 2 is 2.25 bits per heavy atom. The van der Waals surface area contributed by atoms with Crippen molar-refractivity contribution < 1.29 is 4.74 Å². The maximum atomic E-state index is 5.49. The van der Waals surface area contributed by atoms with Crippen LogP contribution in [0.2, 0.25) is 0 Å². The van der Waals surface area contributed by atoms with E-state index in [1.165, 1.54) is 11.1 Å². The summed E-state index contributed by atoms with van der Waals surface area (Å²) in [5, 5.41) is 0. The molecule has 0 radical (unpaired) electrons. The summed E-state index contributed by atoms with van der Waals surface area (Å²) in [5.74, 6) is 0.942. The molecule has 62 valence electrons. The van der Waals surface area contributed by atoms with E-state index in [9.17, 15) is 0 Å². The van der Waals surface area contributed by atoms with Crippen molar-refractivity contribution in [1.82, 2.24) is 4.98 Å². The van der Waals surface area contributed by atoms with E-state index in [0.29, 0.717) is 6.61 Å². The second-order valence-electron chi connectivity index (χ2n) is 2.98. The number of aryl methyl sites for hydroxylation is 2. The van der Waals surface area contributed by atoms with E-state index in [1.54, 1.807) is 0 Å². The standard InChI is InChI=1S/C10H11NO/c1-7-6-11-8(2)10-9(7)4-3-5-12-10/h3-4,6H,5H2,1-2H3. The lowest BCUT2D eigenvalue weighted by molar-refractivity contribution is 0.353. The van der Waals surface area contributed by atoms with Crippen molar-refractivity contribution in [2.24, 2.45) is 0 Å². The lowest BCUT2D eigenvalue weighted by Gasteiger charge is -2.15. The summed E-state index contributed by atoms with van der Waals surface area (Å²) in [6.45, 7) is 4.68. The van der Waals surface area contributed by atoms with Gasteiger partial charge in [-0.05, 0) is 25.5 Å². The topological polar surface area (TPSA) is 22.1 Å². The van der Waals surface area contributed by atoms with Crippen molar-refractivity contribution in [3.05, 3.63) is 29.1 Å². The van der Waals surface area contributed by atoms with E-state index in [-0.39, 0.29) is 0 Å². The molecule has 0 aliphatic carbocycles. The summed E-state index contributed by atoms with van der Waals surface area (Å²) in [6.07, 6.45) is 6.00. The summed E-state index contributed by atoms with van der Waals surface area (Å²) in [7, 11) is 0. The Balaban J connectivity index is 2.67. The maximum Gasteiger partial charge on any atom is 0.148 e. The van der Waals surface area contributed by atoms with Crippen molar-refractivity contribution in [3.63, 3.8) is 0 Å². The summed E-state index contributed by atoms with van der Waals surface area (Å²) in [4.78, 5) is 4.23. The van der Waals surface area contributed by atoms with E-state index in [1.807, 2.05) is 26.1 Å². The quantitative estimate of drug-likeness (QED) is 0.581. The first kappa shape index (κ1) is 7.35. The summed E-state index contributed by atoms with van der Waals surface area (Å²) < 4.78 is 5.49. The van der Waals surface area contributed by atoms with Crippen molar-refractivity contribution in [1.29, 1.82) is 0 Å². The number of ether oxygens (including phenoxy) is 1. The van der Waals surface area contributed by atoms with Gasteiger partial charge in [-0.2, -0.15) is 0 Å². The zero-order valence-corrected chi connectivity index (χ0v) is 7.29. The van der Waals surface area contributed by atoms with Gasteiger partial charge in [-0.25, -0.2) is 0 Å². The van der Waals surface area contributed by atoms with E-state index >= 15 is 0 Å². The minimum Gasteiger partial charge on any atom is -0.487 e. The smallest absolute Gasteiger partial charge is 0.148 e. The normalized spacial score (nSPS) is 13.8. The number of pyridine rings is 1. The zero-order chi connectivity index (χ0) is 8.55. The second-order valence-corrected chi connectivity index (χ2v) is 2.98. The second kappa shape index (κ2) is 2.63. The molecule has 0 fully saturated rings. The molecule has 1 aliphatic heterocycles. The van der Waals surface area contributed by atoms with Crippen LogP contribution in [0.5, 0.6) is 5.75 Å². The highest BCUT2D eigenvalue weighted by atomic mass is 16.5. The molecule has 12 heavy (non-hydrogen) atoms. The Bertz CT molecular complexity index is 342. The molecule has 0 amide bonds. The highest BCUT2D eigenvalue weighted by Gasteiger charge is 2.11. The molecule has 1 aromatic heterocycles. The van der Waals surface area contributed by atoms with Gasteiger partial charge in [0.15, 0.2) is 0 Å². The number of fused-ring (bicyclic) bond motifs is 1. The van der Waals surface area contributed by atoms with Crippen molar-refractivity contribution in [3.8, 4) is 5.75 Å². The van der Waals surface area contributed by atoms with Gasteiger partial charge in [-0.1, -0.05) is 6.08 Å². The van der Waals surface area contributed by atoms with Crippen LogP contribution in [0.25, 0.3) is 6.08 Å². The third-order valence-corrected chi connectivity index (χ3v) is 2.06. The van der Waals surface area contributed by atoms with Gasteiger partial charge in [0.2, 0.25) is 0 Å². The molecule has 2 heteroatoms. The third-order valence-electron chi connectivity index (χ3n) is 2.06. The summed E-state index contributed by atoms with van der Waals surface area (Å²) >= 11 is 0. The van der Waals surface area contributed by atoms with Gasteiger partial charge >= 0.3 is 0 Å². The largest absolute Gasteiger partial charge is 0.487 e. The lowest BCUT2D eigenvalue weighted by atomic mass is 10.1. The first-order chi connectivity index (χ1) is 5.79. The van der Waals surface area contributed by atoms with Crippen molar-refractivity contribution in [2.75, 3.05) is 6.61 Å². The Morgan fingerprint density at radius 3 is 3.00 bits per heavy atom. The van der Waals surface area contributed by atoms with Crippen LogP contribution in [-0.2, 0) is 0 Å². The molecule has 0 saturated carbocycles. The Hall–Kier alpha value is -1.31.